The second kappa shape index (κ2) is 8.83. The van der Waals surface area contributed by atoms with E-state index in [4.69, 9.17) is 11.1 Å². The molecule has 8 nitrogen and oxygen atoms in total. The van der Waals surface area contributed by atoms with Gasteiger partial charge in [-0.3, -0.25) is 21.1 Å². The Hall–Kier alpha value is -2.65. The monoisotopic (exact) mass is 391 g/mol. The highest BCUT2D eigenvalue weighted by atomic mass is 32.2. The van der Waals surface area contributed by atoms with Crippen LogP contribution in [-0.4, -0.2) is 26.3 Å². The normalized spacial score (nSPS) is 12.5. The van der Waals surface area contributed by atoms with Crippen molar-refractivity contribution in [2.24, 2.45) is 5.73 Å². The standard InChI is InChI=1S/C18H25N5O3S/c1-3-6-13(11-17(24)21-22-18(19)20)23-27(25,26)16-10-9-12(2)14-7-4-5-8-15(14)16/h4-5,7-10,13,23H,3,6,11H2,1-2H3,(H,21,24)(H4,19,20,22)/t13-/m0/s1. The summed E-state index contributed by atoms with van der Waals surface area (Å²) in [7, 11) is -3.82. The van der Waals surface area contributed by atoms with Crippen molar-refractivity contribution < 1.29 is 13.2 Å². The molecule has 1 amide bonds. The second-order valence-electron chi connectivity index (χ2n) is 6.32. The van der Waals surface area contributed by atoms with Crippen molar-refractivity contribution in [1.29, 1.82) is 5.41 Å². The van der Waals surface area contributed by atoms with Gasteiger partial charge in [0.15, 0.2) is 0 Å². The lowest BCUT2D eigenvalue weighted by Gasteiger charge is -2.19. The molecule has 0 aliphatic heterocycles. The number of nitrogens with one attached hydrogen (secondary N) is 4. The SMILES string of the molecule is CCC[C@@H](CC(=O)NNC(=N)N)NS(=O)(=O)c1ccc(C)c2ccccc12. The number of carbonyl (C=O) groups excluding carboxylic acids is 1. The first kappa shape index (κ1) is 20.7. The largest absolute Gasteiger partial charge is 0.369 e. The summed E-state index contributed by atoms with van der Waals surface area (Å²) in [5.74, 6) is -0.859. The summed E-state index contributed by atoms with van der Waals surface area (Å²) >= 11 is 0. The fraction of sp³-hybridized carbons (Fsp3) is 0.333. The third kappa shape index (κ3) is 5.41. The van der Waals surface area contributed by atoms with Gasteiger partial charge in [0.25, 0.3) is 0 Å². The van der Waals surface area contributed by atoms with Crippen LogP contribution in [0.15, 0.2) is 41.3 Å². The van der Waals surface area contributed by atoms with Crippen molar-refractivity contribution in [3.05, 3.63) is 42.0 Å². The first-order valence-electron chi connectivity index (χ1n) is 8.64. The van der Waals surface area contributed by atoms with Gasteiger partial charge in [0.2, 0.25) is 21.9 Å². The number of nitrogens with two attached hydrogens (primary N) is 1. The van der Waals surface area contributed by atoms with Crippen molar-refractivity contribution in [3.8, 4) is 0 Å². The molecule has 0 aliphatic carbocycles. The van der Waals surface area contributed by atoms with E-state index in [1.165, 1.54) is 0 Å². The molecule has 0 spiro atoms. The molecule has 0 radical (unpaired) electrons. The summed E-state index contributed by atoms with van der Waals surface area (Å²) in [6, 6.07) is 10.1. The molecule has 2 aromatic carbocycles. The fourth-order valence-corrected chi connectivity index (χ4v) is 4.38. The zero-order valence-electron chi connectivity index (χ0n) is 15.4. The Morgan fingerprint density at radius 3 is 2.44 bits per heavy atom. The van der Waals surface area contributed by atoms with Crippen LogP contribution < -0.4 is 21.3 Å². The molecule has 27 heavy (non-hydrogen) atoms. The predicted molar refractivity (Wildman–Crippen MR) is 106 cm³/mol. The van der Waals surface area contributed by atoms with Gasteiger partial charge in [-0.25, -0.2) is 13.1 Å². The zero-order chi connectivity index (χ0) is 20.0. The van der Waals surface area contributed by atoms with Crippen molar-refractivity contribution in [2.45, 2.75) is 44.0 Å². The number of sulfonamides is 1. The Balaban J connectivity index is 2.25. The first-order chi connectivity index (χ1) is 12.7. The van der Waals surface area contributed by atoms with Crippen LogP contribution >= 0.6 is 0 Å². The molecular weight excluding hydrogens is 366 g/mol. The average Bonchev–Trinajstić information content (AvgIpc) is 2.60. The minimum Gasteiger partial charge on any atom is -0.369 e. The molecule has 0 fully saturated rings. The van der Waals surface area contributed by atoms with E-state index < -0.39 is 27.9 Å². The number of hydrazine groups is 1. The van der Waals surface area contributed by atoms with E-state index in [0.29, 0.717) is 18.2 Å². The summed E-state index contributed by atoms with van der Waals surface area (Å²) in [6.45, 7) is 3.84. The van der Waals surface area contributed by atoms with Gasteiger partial charge in [-0.15, -0.1) is 0 Å². The average molecular weight is 391 g/mol. The molecule has 0 aromatic heterocycles. The molecular formula is C18H25N5O3S. The number of hydrogen-bond donors (Lipinski definition) is 5. The van der Waals surface area contributed by atoms with Crippen LogP contribution in [0.3, 0.4) is 0 Å². The second-order valence-corrected chi connectivity index (χ2v) is 8.01. The van der Waals surface area contributed by atoms with Crippen LogP contribution in [0, 0.1) is 12.3 Å². The summed E-state index contributed by atoms with van der Waals surface area (Å²) in [5.41, 5.74) is 10.6. The maximum atomic E-state index is 13.0. The number of benzene rings is 2. The predicted octanol–water partition coefficient (Wildman–Crippen LogP) is 1.50. The quantitative estimate of drug-likeness (QED) is 0.277. The lowest BCUT2D eigenvalue weighted by molar-refractivity contribution is -0.122. The van der Waals surface area contributed by atoms with Gasteiger partial charge in [0, 0.05) is 17.8 Å². The number of amides is 1. The van der Waals surface area contributed by atoms with Gasteiger partial charge >= 0.3 is 0 Å². The number of guanidine groups is 1. The maximum absolute atomic E-state index is 13.0. The first-order valence-corrected chi connectivity index (χ1v) is 10.1. The van der Waals surface area contributed by atoms with Crippen LogP contribution in [0.5, 0.6) is 0 Å². The Labute approximate surface area is 159 Å². The topological polar surface area (TPSA) is 137 Å². The molecule has 2 rings (SSSR count). The van der Waals surface area contributed by atoms with Crippen LogP contribution in [-0.2, 0) is 14.8 Å². The van der Waals surface area contributed by atoms with E-state index in [1.807, 2.05) is 26.0 Å². The molecule has 1 atom stereocenters. The van der Waals surface area contributed by atoms with E-state index in [2.05, 4.69) is 15.6 Å². The van der Waals surface area contributed by atoms with Crippen LogP contribution in [0.25, 0.3) is 10.8 Å². The van der Waals surface area contributed by atoms with E-state index in [0.717, 1.165) is 10.9 Å². The highest BCUT2D eigenvalue weighted by molar-refractivity contribution is 7.89. The number of fused-ring (bicyclic) bond motifs is 1. The highest BCUT2D eigenvalue weighted by Gasteiger charge is 2.23. The molecule has 0 heterocycles. The van der Waals surface area contributed by atoms with Gasteiger partial charge in [-0.1, -0.05) is 43.7 Å². The molecule has 146 valence electrons. The van der Waals surface area contributed by atoms with Gasteiger partial charge in [0.1, 0.15) is 0 Å². The van der Waals surface area contributed by atoms with Gasteiger partial charge < -0.3 is 5.73 Å². The van der Waals surface area contributed by atoms with Crippen molar-refractivity contribution in [1.82, 2.24) is 15.6 Å². The molecule has 0 unspecified atom stereocenters. The van der Waals surface area contributed by atoms with Crippen molar-refractivity contribution >= 4 is 32.7 Å². The van der Waals surface area contributed by atoms with E-state index in [-0.39, 0.29) is 11.3 Å². The van der Waals surface area contributed by atoms with Gasteiger partial charge in [-0.2, -0.15) is 0 Å². The zero-order valence-corrected chi connectivity index (χ0v) is 16.2. The smallest absolute Gasteiger partial charge is 0.241 e. The number of aryl methyl sites for hydroxylation is 1. The Morgan fingerprint density at radius 1 is 1.15 bits per heavy atom. The summed E-state index contributed by atoms with van der Waals surface area (Å²) < 4.78 is 28.6. The summed E-state index contributed by atoms with van der Waals surface area (Å²) in [4.78, 5) is 12.1. The van der Waals surface area contributed by atoms with Crippen molar-refractivity contribution in [2.75, 3.05) is 0 Å². The van der Waals surface area contributed by atoms with Crippen molar-refractivity contribution in [3.63, 3.8) is 0 Å². The molecule has 0 bridgehead atoms. The van der Waals surface area contributed by atoms with E-state index in [9.17, 15) is 13.2 Å². The van der Waals surface area contributed by atoms with Crippen LogP contribution in [0.1, 0.15) is 31.7 Å². The summed E-state index contributed by atoms with van der Waals surface area (Å²) in [5, 5.41) is 8.55. The summed E-state index contributed by atoms with van der Waals surface area (Å²) in [6.07, 6.45) is 1.13. The number of carbonyl (C=O) groups is 1. The molecule has 9 heteroatoms. The highest BCUT2D eigenvalue weighted by Crippen LogP contribution is 2.26. The Kier molecular flexibility index (Phi) is 6.75. The fourth-order valence-electron chi connectivity index (χ4n) is 2.90. The minimum absolute atomic E-state index is 0.0723. The molecule has 0 saturated carbocycles. The lowest BCUT2D eigenvalue weighted by Crippen LogP contribution is -2.47. The molecule has 6 N–H and O–H groups in total. The molecule has 0 aliphatic rings. The number of rotatable bonds is 7. The van der Waals surface area contributed by atoms with Crippen LogP contribution in [0.2, 0.25) is 0 Å². The lowest BCUT2D eigenvalue weighted by atomic mass is 10.1. The molecule has 2 aromatic rings. The maximum Gasteiger partial charge on any atom is 0.241 e. The Morgan fingerprint density at radius 2 is 1.81 bits per heavy atom. The van der Waals surface area contributed by atoms with Gasteiger partial charge in [0.05, 0.1) is 4.90 Å². The molecule has 0 saturated heterocycles. The third-order valence-electron chi connectivity index (χ3n) is 4.12. The van der Waals surface area contributed by atoms with E-state index >= 15 is 0 Å². The Bertz CT molecular complexity index is 943. The third-order valence-corrected chi connectivity index (χ3v) is 5.70. The van der Waals surface area contributed by atoms with Crippen LogP contribution in [0.4, 0.5) is 0 Å². The van der Waals surface area contributed by atoms with E-state index in [1.54, 1.807) is 24.3 Å². The minimum atomic E-state index is -3.82. The number of hydrogen-bond acceptors (Lipinski definition) is 4. The van der Waals surface area contributed by atoms with Gasteiger partial charge in [-0.05, 0) is 30.4 Å².